The highest BCUT2D eigenvalue weighted by Crippen LogP contribution is 2.27. The summed E-state index contributed by atoms with van der Waals surface area (Å²) in [5, 5.41) is 3.08. The average molecular weight is 468 g/mol. The minimum absolute atomic E-state index is 0.132. The molecule has 5 rings (SSSR count). The van der Waals surface area contributed by atoms with Crippen LogP contribution in [0.4, 0.5) is 0 Å². The fourth-order valence-corrected chi connectivity index (χ4v) is 4.17. The number of hydrogen-bond acceptors (Lipinski definition) is 6. The van der Waals surface area contributed by atoms with Crippen LogP contribution in [0.5, 0.6) is 11.6 Å². The van der Waals surface area contributed by atoms with Crippen molar-refractivity contribution in [2.24, 2.45) is 0 Å². The highest BCUT2D eigenvalue weighted by atomic mass is 16.5. The molecule has 0 aliphatic carbocycles. The van der Waals surface area contributed by atoms with Gasteiger partial charge in [-0.3, -0.25) is 19.1 Å². The number of ether oxygens (including phenoxy) is 1. The number of pyridine rings is 2. The predicted octanol–water partition coefficient (Wildman–Crippen LogP) is 4.46. The Bertz CT molecular complexity index is 1400. The third kappa shape index (κ3) is 4.96. The van der Waals surface area contributed by atoms with Gasteiger partial charge in [-0.25, -0.2) is 9.97 Å². The monoisotopic (exact) mass is 467 g/mol. The number of benzene rings is 1. The first kappa shape index (κ1) is 22.5. The number of amides is 1. The zero-order chi connectivity index (χ0) is 24.2. The fourth-order valence-electron chi connectivity index (χ4n) is 4.17. The van der Waals surface area contributed by atoms with Crippen molar-refractivity contribution in [3.05, 3.63) is 100 Å². The Hall–Kier alpha value is -4.33. The van der Waals surface area contributed by atoms with Crippen molar-refractivity contribution in [3.8, 4) is 22.9 Å². The van der Waals surface area contributed by atoms with Gasteiger partial charge >= 0.3 is 0 Å². The molecule has 0 saturated carbocycles. The number of aryl methyl sites for hydroxylation is 1. The summed E-state index contributed by atoms with van der Waals surface area (Å²) < 4.78 is 7.58. The van der Waals surface area contributed by atoms with Gasteiger partial charge in [0, 0.05) is 36.8 Å². The van der Waals surface area contributed by atoms with Gasteiger partial charge in [0.05, 0.1) is 11.7 Å². The van der Waals surface area contributed by atoms with Gasteiger partial charge in [0.15, 0.2) is 0 Å². The Morgan fingerprint density at radius 3 is 2.66 bits per heavy atom. The zero-order valence-corrected chi connectivity index (χ0v) is 19.3. The minimum Gasteiger partial charge on any atom is -0.438 e. The predicted molar refractivity (Wildman–Crippen MR) is 131 cm³/mol. The minimum atomic E-state index is -0.424. The summed E-state index contributed by atoms with van der Waals surface area (Å²) in [5.74, 6) is 1.04. The normalized spacial score (nSPS) is 15.1. The van der Waals surface area contributed by atoms with E-state index in [0.717, 1.165) is 24.0 Å². The number of hydrogen-bond donors (Lipinski definition) is 1. The van der Waals surface area contributed by atoms with E-state index in [1.54, 1.807) is 35.3 Å². The Kier molecular flexibility index (Phi) is 6.34. The second-order valence-corrected chi connectivity index (χ2v) is 8.52. The van der Waals surface area contributed by atoms with E-state index in [1.807, 2.05) is 43.3 Å². The van der Waals surface area contributed by atoms with E-state index in [4.69, 9.17) is 9.72 Å². The lowest BCUT2D eigenvalue weighted by Crippen LogP contribution is -2.34. The van der Waals surface area contributed by atoms with Crippen LogP contribution < -0.4 is 15.6 Å². The van der Waals surface area contributed by atoms with E-state index in [1.165, 1.54) is 6.07 Å². The van der Waals surface area contributed by atoms with E-state index in [0.29, 0.717) is 35.8 Å². The first-order valence-corrected chi connectivity index (χ1v) is 11.6. The van der Waals surface area contributed by atoms with E-state index in [9.17, 15) is 9.59 Å². The molecule has 0 radical (unpaired) electrons. The van der Waals surface area contributed by atoms with Crippen molar-refractivity contribution >= 4 is 5.91 Å². The van der Waals surface area contributed by atoms with Crippen LogP contribution in [-0.2, 0) is 6.54 Å². The summed E-state index contributed by atoms with van der Waals surface area (Å²) in [5.41, 5.74) is 2.66. The quantitative estimate of drug-likeness (QED) is 0.465. The molecule has 35 heavy (non-hydrogen) atoms. The molecule has 1 atom stereocenters. The molecule has 0 saturated heterocycles. The topological polar surface area (TPSA) is 99.0 Å². The molecule has 8 nitrogen and oxygen atoms in total. The molecule has 1 aliphatic rings. The molecule has 176 valence electrons. The van der Waals surface area contributed by atoms with Gasteiger partial charge in [0.2, 0.25) is 5.88 Å². The van der Waals surface area contributed by atoms with Crippen molar-refractivity contribution in [3.63, 3.8) is 0 Å². The fraction of sp³-hybridized carbons (Fsp3) is 0.222. The van der Waals surface area contributed by atoms with Crippen molar-refractivity contribution in [1.82, 2.24) is 24.8 Å². The van der Waals surface area contributed by atoms with Gasteiger partial charge in [0.25, 0.3) is 11.5 Å². The third-order valence-corrected chi connectivity index (χ3v) is 6.01. The summed E-state index contributed by atoms with van der Waals surface area (Å²) in [6.45, 7) is 2.56. The summed E-state index contributed by atoms with van der Waals surface area (Å²) in [6.07, 6.45) is 7.28. The standard InChI is InChI=1S/C27H25N5O3/c1-18-7-9-20(10-8-18)35-27-21(5-4-13-29-27)26(34)31-22-6-2-3-16-32-24(33)17-23(30-25(22)32)19-11-14-28-15-12-19/h4-5,7-15,17,22H,2-3,6,16H2,1H3,(H,31,34). The van der Waals surface area contributed by atoms with E-state index in [2.05, 4.69) is 15.3 Å². The largest absolute Gasteiger partial charge is 0.438 e. The Morgan fingerprint density at radius 2 is 1.86 bits per heavy atom. The summed E-state index contributed by atoms with van der Waals surface area (Å²) >= 11 is 0. The molecule has 1 aliphatic heterocycles. The summed E-state index contributed by atoms with van der Waals surface area (Å²) in [4.78, 5) is 39.5. The number of nitrogens with one attached hydrogen (secondary N) is 1. The van der Waals surface area contributed by atoms with Crippen LogP contribution in [-0.4, -0.2) is 25.4 Å². The Labute approximate surface area is 202 Å². The molecule has 0 bridgehead atoms. The summed E-state index contributed by atoms with van der Waals surface area (Å²) in [7, 11) is 0. The molecule has 3 aromatic heterocycles. The highest BCUT2D eigenvalue weighted by Gasteiger charge is 2.26. The van der Waals surface area contributed by atoms with Crippen LogP contribution >= 0.6 is 0 Å². The van der Waals surface area contributed by atoms with E-state index in [-0.39, 0.29) is 17.3 Å². The highest BCUT2D eigenvalue weighted by molar-refractivity contribution is 5.96. The molecular weight excluding hydrogens is 442 g/mol. The number of rotatable bonds is 5. The maximum Gasteiger partial charge on any atom is 0.257 e. The molecule has 0 fully saturated rings. The zero-order valence-electron chi connectivity index (χ0n) is 19.3. The van der Waals surface area contributed by atoms with Crippen molar-refractivity contribution in [1.29, 1.82) is 0 Å². The van der Waals surface area contributed by atoms with Gasteiger partial charge in [-0.15, -0.1) is 0 Å². The molecule has 0 spiro atoms. The molecule has 4 aromatic rings. The lowest BCUT2D eigenvalue weighted by molar-refractivity contribution is 0.0929. The number of aromatic nitrogens is 4. The lowest BCUT2D eigenvalue weighted by atomic mass is 10.1. The van der Waals surface area contributed by atoms with Crippen LogP contribution in [0.2, 0.25) is 0 Å². The Balaban J connectivity index is 1.45. The van der Waals surface area contributed by atoms with Crippen molar-refractivity contribution < 1.29 is 9.53 Å². The average Bonchev–Trinajstić information content (AvgIpc) is 3.09. The Morgan fingerprint density at radius 1 is 1.06 bits per heavy atom. The smallest absolute Gasteiger partial charge is 0.257 e. The van der Waals surface area contributed by atoms with Crippen LogP contribution in [0.25, 0.3) is 11.3 Å². The van der Waals surface area contributed by atoms with Crippen LogP contribution in [0.1, 0.15) is 47.1 Å². The van der Waals surface area contributed by atoms with Gasteiger partial charge in [-0.1, -0.05) is 17.7 Å². The summed E-state index contributed by atoms with van der Waals surface area (Å²) in [6, 6.07) is 15.7. The van der Waals surface area contributed by atoms with Crippen LogP contribution in [0.15, 0.2) is 78.0 Å². The first-order valence-electron chi connectivity index (χ1n) is 11.6. The van der Waals surface area contributed by atoms with E-state index < -0.39 is 6.04 Å². The van der Waals surface area contributed by atoms with Crippen molar-refractivity contribution in [2.75, 3.05) is 0 Å². The van der Waals surface area contributed by atoms with Gasteiger partial charge in [-0.05, 0) is 62.6 Å². The molecule has 8 heteroatoms. The maximum atomic E-state index is 13.4. The lowest BCUT2D eigenvalue weighted by Gasteiger charge is -2.20. The van der Waals surface area contributed by atoms with E-state index >= 15 is 0 Å². The van der Waals surface area contributed by atoms with Gasteiger partial charge in [-0.2, -0.15) is 0 Å². The molecule has 1 N–H and O–H groups in total. The molecule has 1 unspecified atom stereocenters. The van der Waals surface area contributed by atoms with Crippen LogP contribution in [0.3, 0.4) is 0 Å². The van der Waals surface area contributed by atoms with Gasteiger partial charge < -0.3 is 10.1 Å². The number of carbonyl (C=O) groups is 1. The third-order valence-electron chi connectivity index (χ3n) is 6.01. The number of nitrogens with zero attached hydrogens (tertiary/aromatic N) is 4. The second kappa shape index (κ2) is 9.89. The molecular formula is C27H25N5O3. The molecule has 1 aromatic carbocycles. The first-order chi connectivity index (χ1) is 17.1. The number of fused-ring (bicyclic) bond motifs is 1. The number of carbonyl (C=O) groups excluding carboxylic acids is 1. The van der Waals surface area contributed by atoms with Crippen molar-refractivity contribution in [2.45, 2.75) is 38.8 Å². The second-order valence-electron chi connectivity index (χ2n) is 8.52. The van der Waals surface area contributed by atoms with Gasteiger partial charge in [0.1, 0.15) is 17.1 Å². The molecule has 1 amide bonds. The maximum absolute atomic E-state index is 13.4. The molecule has 4 heterocycles. The van der Waals surface area contributed by atoms with Crippen LogP contribution in [0, 0.1) is 6.92 Å². The SMILES string of the molecule is Cc1ccc(Oc2ncccc2C(=O)NC2CCCCn3c2nc(-c2ccncc2)cc3=O)cc1.